The number of anilines is 1. The van der Waals surface area contributed by atoms with E-state index in [-0.39, 0.29) is 0 Å². The third-order valence-electron chi connectivity index (χ3n) is 3.04. The van der Waals surface area contributed by atoms with Gasteiger partial charge in [-0.25, -0.2) is 4.98 Å². The van der Waals surface area contributed by atoms with Crippen LogP contribution < -0.4 is 5.32 Å². The van der Waals surface area contributed by atoms with E-state index in [1.165, 1.54) is 0 Å². The zero-order valence-electron chi connectivity index (χ0n) is 11.4. The Morgan fingerprint density at radius 1 is 1.47 bits per heavy atom. The van der Waals surface area contributed by atoms with Crippen LogP contribution in [0.2, 0.25) is 0 Å². The zero-order valence-corrected chi connectivity index (χ0v) is 11.4. The van der Waals surface area contributed by atoms with Crippen molar-refractivity contribution in [1.29, 1.82) is 5.26 Å². The topological polar surface area (TPSA) is 66.5 Å². The molecule has 0 saturated carbocycles. The van der Waals surface area contributed by atoms with Crippen LogP contribution in [-0.4, -0.2) is 14.8 Å². The van der Waals surface area contributed by atoms with Gasteiger partial charge in [-0.05, 0) is 25.0 Å². The lowest BCUT2D eigenvalue weighted by Gasteiger charge is -2.08. The molecule has 19 heavy (non-hydrogen) atoms. The fraction of sp³-hybridized carbons (Fsp3) is 0.357. The van der Waals surface area contributed by atoms with Gasteiger partial charge in [0, 0.05) is 31.5 Å². The van der Waals surface area contributed by atoms with Crippen LogP contribution in [0.1, 0.15) is 29.3 Å². The summed E-state index contributed by atoms with van der Waals surface area (Å²) in [5.41, 5.74) is 3.74. The first kappa shape index (κ1) is 13.1. The average Bonchev–Trinajstić information content (AvgIpc) is 2.76. The first-order chi connectivity index (χ1) is 9.15. The second-order valence-corrected chi connectivity index (χ2v) is 4.45. The molecule has 5 nitrogen and oxygen atoms in total. The number of nitrogens with one attached hydrogen (secondary N) is 1. The van der Waals surface area contributed by atoms with E-state index in [1.807, 2.05) is 30.9 Å². The quantitative estimate of drug-likeness (QED) is 0.909. The van der Waals surface area contributed by atoms with E-state index in [0.717, 1.165) is 23.2 Å². The van der Waals surface area contributed by atoms with Crippen molar-refractivity contribution in [3.05, 3.63) is 40.8 Å². The van der Waals surface area contributed by atoms with Crippen molar-refractivity contribution in [3.63, 3.8) is 0 Å². The smallest absolute Gasteiger partial charge is 0.144 e. The molecule has 0 aromatic carbocycles. The highest BCUT2D eigenvalue weighted by Crippen LogP contribution is 2.17. The third kappa shape index (κ3) is 2.74. The Hall–Kier alpha value is -2.35. The number of hydrogen-bond donors (Lipinski definition) is 1. The summed E-state index contributed by atoms with van der Waals surface area (Å²) < 4.78 is 1.81. The lowest BCUT2D eigenvalue weighted by molar-refractivity contribution is 0.746. The van der Waals surface area contributed by atoms with Crippen LogP contribution in [0.15, 0.2) is 18.5 Å². The number of rotatable bonds is 4. The third-order valence-corrected chi connectivity index (χ3v) is 3.04. The summed E-state index contributed by atoms with van der Waals surface area (Å²) in [6.07, 6.45) is 4.60. The largest absolute Gasteiger partial charge is 0.365 e. The molecular formula is C14H17N5. The van der Waals surface area contributed by atoms with Crippen molar-refractivity contribution >= 4 is 5.82 Å². The molecule has 0 radical (unpaired) electrons. The van der Waals surface area contributed by atoms with Crippen molar-refractivity contribution in [1.82, 2.24) is 14.8 Å². The van der Waals surface area contributed by atoms with Crippen LogP contribution in [0.25, 0.3) is 0 Å². The fourth-order valence-corrected chi connectivity index (χ4v) is 2.04. The van der Waals surface area contributed by atoms with E-state index in [2.05, 4.69) is 28.4 Å². The molecule has 5 heteroatoms. The average molecular weight is 255 g/mol. The van der Waals surface area contributed by atoms with Gasteiger partial charge in [0.1, 0.15) is 11.9 Å². The Kier molecular flexibility index (Phi) is 3.81. The van der Waals surface area contributed by atoms with Gasteiger partial charge in [0.2, 0.25) is 0 Å². The van der Waals surface area contributed by atoms with Crippen LogP contribution in [0.5, 0.6) is 0 Å². The molecule has 1 N–H and O–H groups in total. The molecule has 2 heterocycles. The second-order valence-electron chi connectivity index (χ2n) is 4.45. The van der Waals surface area contributed by atoms with Gasteiger partial charge in [0.25, 0.3) is 0 Å². The van der Waals surface area contributed by atoms with Gasteiger partial charge in [0.15, 0.2) is 0 Å². The molecule has 0 unspecified atom stereocenters. The van der Waals surface area contributed by atoms with Gasteiger partial charge in [-0.3, -0.25) is 4.68 Å². The van der Waals surface area contributed by atoms with Crippen molar-refractivity contribution < 1.29 is 0 Å². The fourth-order valence-electron chi connectivity index (χ4n) is 2.04. The first-order valence-electron chi connectivity index (χ1n) is 6.26. The van der Waals surface area contributed by atoms with Crippen molar-refractivity contribution in [3.8, 4) is 6.07 Å². The summed E-state index contributed by atoms with van der Waals surface area (Å²) >= 11 is 0. The molecule has 2 rings (SSSR count). The highest BCUT2D eigenvalue weighted by Gasteiger charge is 2.09. The lowest BCUT2D eigenvalue weighted by atomic mass is 10.1. The first-order valence-corrected chi connectivity index (χ1v) is 6.26. The molecular weight excluding hydrogens is 238 g/mol. The monoisotopic (exact) mass is 255 g/mol. The minimum atomic E-state index is 0.601. The molecule has 0 spiro atoms. The van der Waals surface area contributed by atoms with E-state index in [0.29, 0.717) is 17.9 Å². The molecule has 98 valence electrons. The predicted molar refractivity (Wildman–Crippen MR) is 73.6 cm³/mol. The maximum Gasteiger partial charge on any atom is 0.144 e. The van der Waals surface area contributed by atoms with Gasteiger partial charge in [-0.15, -0.1) is 0 Å². The Bertz CT molecular complexity index is 621. The van der Waals surface area contributed by atoms with E-state index < -0.39 is 0 Å². The normalized spacial score (nSPS) is 10.2. The van der Waals surface area contributed by atoms with Crippen LogP contribution in [0, 0.1) is 18.3 Å². The Balaban J connectivity index is 2.19. The highest BCUT2D eigenvalue weighted by molar-refractivity contribution is 5.55. The van der Waals surface area contributed by atoms with E-state index >= 15 is 0 Å². The summed E-state index contributed by atoms with van der Waals surface area (Å²) in [5.74, 6) is 0.633. The molecule has 0 bridgehead atoms. The van der Waals surface area contributed by atoms with Gasteiger partial charge in [-0.1, -0.05) is 6.92 Å². The molecule has 0 amide bonds. The van der Waals surface area contributed by atoms with Gasteiger partial charge < -0.3 is 5.32 Å². The van der Waals surface area contributed by atoms with Gasteiger partial charge in [-0.2, -0.15) is 10.4 Å². The summed E-state index contributed by atoms with van der Waals surface area (Å²) in [5, 5.41) is 16.8. The molecule has 2 aromatic heterocycles. The molecule has 0 aliphatic carbocycles. The number of aryl methyl sites for hydroxylation is 3. The predicted octanol–water partition coefficient (Wildman–Crippen LogP) is 2.17. The number of aromatic nitrogens is 3. The highest BCUT2D eigenvalue weighted by atomic mass is 15.3. The molecule has 0 saturated heterocycles. The number of pyridine rings is 1. The Labute approximate surface area is 112 Å². The van der Waals surface area contributed by atoms with Crippen LogP contribution in [-0.2, 0) is 20.0 Å². The van der Waals surface area contributed by atoms with E-state index in [9.17, 15) is 0 Å². The van der Waals surface area contributed by atoms with Gasteiger partial charge in [0.05, 0.1) is 11.3 Å². The minimum Gasteiger partial charge on any atom is -0.365 e. The van der Waals surface area contributed by atoms with Crippen LogP contribution in [0.4, 0.5) is 5.82 Å². The van der Waals surface area contributed by atoms with Crippen LogP contribution >= 0.6 is 0 Å². The van der Waals surface area contributed by atoms with Crippen molar-refractivity contribution in [2.45, 2.75) is 26.8 Å². The summed E-state index contributed by atoms with van der Waals surface area (Å²) in [6.45, 7) is 4.62. The molecule has 0 fully saturated rings. The van der Waals surface area contributed by atoms with E-state index in [4.69, 9.17) is 5.26 Å². The summed E-state index contributed by atoms with van der Waals surface area (Å²) in [6, 6.07) is 4.03. The standard InChI is InChI=1S/C14H17N5/c1-4-13-11(9-19(3)18-13)8-17-14-12(7-15)10(2)5-6-16-14/h5-6,9H,4,8H2,1-3H3,(H,16,17). The van der Waals surface area contributed by atoms with E-state index in [1.54, 1.807) is 6.20 Å². The second kappa shape index (κ2) is 5.53. The van der Waals surface area contributed by atoms with Crippen LogP contribution in [0.3, 0.4) is 0 Å². The molecule has 0 atom stereocenters. The zero-order chi connectivity index (χ0) is 13.8. The summed E-state index contributed by atoms with van der Waals surface area (Å²) in [7, 11) is 1.91. The van der Waals surface area contributed by atoms with Crippen molar-refractivity contribution in [2.75, 3.05) is 5.32 Å². The molecule has 0 aliphatic heterocycles. The van der Waals surface area contributed by atoms with Gasteiger partial charge >= 0.3 is 0 Å². The number of nitriles is 1. The maximum absolute atomic E-state index is 9.15. The minimum absolute atomic E-state index is 0.601. The summed E-state index contributed by atoms with van der Waals surface area (Å²) in [4.78, 5) is 4.23. The van der Waals surface area contributed by atoms with Crippen molar-refractivity contribution in [2.24, 2.45) is 7.05 Å². The lowest BCUT2D eigenvalue weighted by Crippen LogP contribution is -2.05. The molecule has 2 aromatic rings. The Morgan fingerprint density at radius 2 is 2.26 bits per heavy atom. The number of nitrogens with zero attached hydrogens (tertiary/aromatic N) is 4. The maximum atomic E-state index is 9.15. The Morgan fingerprint density at radius 3 is 2.95 bits per heavy atom. The SMILES string of the molecule is CCc1nn(C)cc1CNc1nccc(C)c1C#N. The number of hydrogen-bond acceptors (Lipinski definition) is 4. The molecule has 0 aliphatic rings.